The predicted molar refractivity (Wildman–Crippen MR) is 34.0 cm³/mol. The van der Waals surface area contributed by atoms with Crippen molar-refractivity contribution in [3.8, 4) is 6.07 Å². The molecule has 0 spiro atoms. The summed E-state index contributed by atoms with van der Waals surface area (Å²) in [6, 6.07) is 1.74. The summed E-state index contributed by atoms with van der Waals surface area (Å²) in [6.07, 6.45) is 1.05. The Labute approximate surface area is 59.3 Å². The highest BCUT2D eigenvalue weighted by atomic mass is 32.2. The van der Waals surface area contributed by atoms with Crippen LogP contribution in [0.3, 0.4) is 0 Å². The quantitative estimate of drug-likeness (QED) is 0.511. The largest absolute Gasteiger partial charge is 0.376 e. The van der Waals surface area contributed by atoms with Crippen LogP contribution < -0.4 is 0 Å². The van der Waals surface area contributed by atoms with Gasteiger partial charge in [0, 0.05) is 6.26 Å². The fourth-order valence-electron chi connectivity index (χ4n) is 0.649. The molecule has 1 saturated heterocycles. The zero-order valence-corrected chi connectivity index (χ0v) is 6.31. The van der Waals surface area contributed by atoms with Gasteiger partial charge in [-0.15, -0.1) is 0 Å². The molecule has 10 heavy (non-hydrogen) atoms. The molecule has 0 unspecified atom stereocenters. The van der Waals surface area contributed by atoms with Gasteiger partial charge in [0.05, 0.1) is 19.3 Å². The lowest BCUT2D eigenvalue weighted by Crippen LogP contribution is -2.54. The summed E-state index contributed by atoms with van der Waals surface area (Å²) in [6.45, 7) is 0.0324. The lowest BCUT2D eigenvalue weighted by molar-refractivity contribution is 0.0119. The van der Waals surface area contributed by atoms with Crippen LogP contribution in [0.2, 0.25) is 0 Å². The van der Waals surface area contributed by atoms with Crippen molar-refractivity contribution in [1.29, 1.82) is 5.26 Å². The van der Waals surface area contributed by atoms with Crippen LogP contribution in [0.1, 0.15) is 0 Å². The first-order valence-electron chi connectivity index (χ1n) is 2.70. The van der Waals surface area contributed by atoms with Crippen molar-refractivity contribution < 1.29 is 13.2 Å². The molecule has 0 aromatic rings. The second kappa shape index (κ2) is 1.94. The van der Waals surface area contributed by atoms with Gasteiger partial charge in [-0.25, -0.2) is 8.42 Å². The third-order valence-corrected chi connectivity index (χ3v) is 3.33. The topological polar surface area (TPSA) is 67.2 Å². The summed E-state index contributed by atoms with van der Waals surface area (Å²) in [5, 5.41) is 8.46. The standard InChI is InChI=1S/C5H7NO3S/c1-10(7,8)5(2-6)3-9-4-5/h3-4H2,1H3. The second-order valence-electron chi connectivity index (χ2n) is 2.37. The van der Waals surface area contributed by atoms with E-state index in [4.69, 9.17) is 5.26 Å². The molecule has 1 aliphatic rings. The van der Waals surface area contributed by atoms with Crippen molar-refractivity contribution >= 4 is 9.84 Å². The molecule has 56 valence electrons. The normalized spacial score (nSPS) is 22.8. The maximum Gasteiger partial charge on any atom is 0.204 e. The molecular formula is C5H7NO3S. The van der Waals surface area contributed by atoms with Gasteiger partial charge < -0.3 is 4.74 Å². The Morgan fingerprint density at radius 1 is 1.60 bits per heavy atom. The van der Waals surface area contributed by atoms with Gasteiger partial charge in [-0.2, -0.15) is 5.26 Å². The van der Waals surface area contributed by atoms with Crippen LogP contribution in [0, 0.1) is 11.3 Å². The van der Waals surface area contributed by atoms with Crippen LogP contribution in [-0.2, 0) is 14.6 Å². The van der Waals surface area contributed by atoms with Crippen LogP contribution in [0.4, 0.5) is 0 Å². The van der Waals surface area contributed by atoms with Crippen molar-refractivity contribution in [3.05, 3.63) is 0 Å². The third kappa shape index (κ3) is 0.805. The Morgan fingerprint density at radius 2 is 2.10 bits per heavy atom. The van der Waals surface area contributed by atoms with Gasteiger partial charge in [-0.05, 0) is 0 Å². The fraction of sp³-hybridized carbons (Fsp3) is 0.800. The smallest absolute Gasteiger partial charge is 0.204 e. The Balaban J connectivity index is 3.00. The minimum atomic E-state index is -3.26. The van der Waals surface area contributed by atoms with Gasteiger partial charge in [0.2, 0.25) is 4.75 Å². The number of hydrogen-bond acceptors (Lipinski definition) is 4. The average molecular weight is 161 g/mol. The molecule has 0 radical (unpaired) electrons. The first-order chi connectivity index (χ1) is 4.52. The summed E-state index contributed by atoms with van der Waals surface area (Å²) in [7, 11) is -3.26. The molecule has 0 aromatic carbocycles. The number of hydrogen-bond donors (Lipinski definition) is 0. The van der Waals surface area contributed by atoms with E-state index in [1.807, 2.05) is 0 Å². The maximum atomic E-state index is 10.9. The van der Waals surface area contributed by atoms with Gasteiger partial charge in [-0.3, -0.25) is 0 Å². The van der Waals surface area contributed by atoms with E-state index in [-0.39, 0.29) is 13.2 Å². The van der Waals surface area contributed by atoms with Gasteiger partial charge in [0.25, 0.3) is 0 Å². The van der Waals surface area contributed by atoms with E-state index in [0.717, 1.165) is 6.26 Å². The van der Waals surface area contributed by atoms with Gasteiger partial charge >= 0.3 is 0 Å². The van der Waals surface area contributed by atoms with Crippen molar-refractivity contribution in [3.63, 3.8) is 0 Å². The SMILES string of the molecule is CS(=O)(=O)C1(C#N)COC1. The number of ether oxygens (including phenoxy) is 1. The Hall–Kier alpha value is -0.600. The van der Waals surface area contributed by atoms with E-state index >= 15 is 0 Å². The number of nitriles is 1. The summed E-state index contributed by atoms with van der Waals surface area (Å²) >= 11 is 0. The second-order valence-corrected chi connectivity index (χ2v) is 4.70. The van der Waals surface area contributed by atoms with E-state index in [9.17, 15) is 8.42 Å². The molecule has 1 rings (SSSR count). The first kappa shape index (κ1) is 7.51. The molecule has 1 heterocycles. The average Bonchev–Trinajstić information content (AvgIpc) is 1.58. The summed E-state index contributed by atoms with van der Waals surface area (Å²) in [5.41, 5.74) is 0. The van der Waals surface area contributed by atoms with Crippen LogP contribution in [0.5, 0.6) is 0 Å². The predicted octanol–water partition coefficient (Wildman–Crippen LogP) is -0.676. The van der Waals surface area contributed by atoms with Crippen molar-refractivity contribution in [2.45, 2.75) is 4.75 Å². The monoisotopic (exact) mass is 161 g/mol. The highest BCUT2D eigenvalue weighted by Gasteiger charge is 2.48. The van der Waals surface area contributed by atoms with Gasteiger partial charge in [0.15, 0.2) is 9.84 Å². The van der Waals surface area contributed by atoms with Crippen LogP contribution in [-0.4, -0.2) is 32.6 Å². The van der Waals surface area contributed by atoms with Gasteiger partial charge in [0.1, 0.15) is 0 Å². The molecule has 1 aliphatic heterocycles. The summed E-state index contributed by atoms with van der Waals surface area (Å²) in [4.78, 5) is 0. The Kier molecular flexibility index (Phi) is 1.46. The molecule has 0 aliphatic carbocycles. The lowest BCUT2D eigenvalue weighted by Gasteiger charge is -2.32. The highest BCUT2D eigenvalue weighted by molar-refractivity contribution is 7.92. The van der Waals surface area contributed by atoms with Crippen molar-refractivity contribution in [2.24, 2.45) is 0 Å². The molecule has 0 amide bonds. The number of nitrogens with zero attached hydrogens (tertiary/aromatic N) is 1. The van der Waals surface area contributed by atoms with E-state index in [1.54, 1.807) is 6.07 Å². The molecular weight excluding hydrogens is 154 g/mol. The minimum absolute atomic E-state index is 0.0162. The summed E-state index contributed by atoms with van der Waals surface area (Å²) in [5.74, 6) is 0. The zero-order chi connectivity index (χ0) is 7.83. The molecule has 1 fully saturated rings. The molecule has 5 heteroatoms. The minimum Gasteiger partial charge on any atom is -0.376 e. The molecule has 4 nitrogen and oxygen atoms in total. The highest BCUT2D eigenvalue weighted by Crippen LogP contribution is 2.24. The molecule has 0 bridgehead atoms. The maximum absolute atomic E-state index is 10.9. The molecule has 0 N–H and O–H groups in total. The zero-order valence-electron chi connectivity index (χ0n) is 5.49. The van der Waals surface area contributed by atoms with Crippen molar-refractivity contribution in [1.82, 2.24) is 0 Å². The van der Waals surface area contributed by atoms with E-state index in [2.05, 4.69) is 4.74 Å². The van der Waals surface area contributed by atoms with E-state index < -0.39 is 14.6 Å². The van der Waals surface area contributed by atoms with Crippen LogP contribution >= 0.6 is 0 Å². The van der Waals surface area contributed by atoms with Crippen LogP contribution in [0.25, 0.3) is 0 Å². The van der Waals surface area contributed by atoms with Crippen molar-refractivity contribution in [2.75, 3.05) is 19.5 Å². The molecule has 0 aromatic heterocycles. The fourth-order valence-corrected chi connectivity index (χ4v) is 1.41. The number of sulfone groups is 1. The van der Waals surface area contributed by atoms with Gasteiger partial charge in [-0.1, -0.05) is 0 Å². The van der Waals surface area contributed by atoms with E-state index in [0.29, 0.717) is 0 Å². The first-order valence-corrected chi connectivity index (χ1v) is 4.60. The Morgan fingerprint density at radius 3 is 2.10 bits per heavy atom. The molecule has 0 atom stereocenters. The molecule has 0 saturated carbocycles. The Bertz CT molecular complexity index is 270. The third-order valence-electron chi connectivity index (χ3n) is 1.58. The van der Waals surface area contributed by atoms with Crippen LogP contribution in [0.15, 0.2) is 0 Å². The number of rotatable bonds is 1. The lowest BCUT2D eigenvalue weighted by atomic mass is 10.1. The van der Waals surface area contributed by atoms with E-state index in [1.165, 1.54) is 0 Å². The summed E-state index contributed by atoms with van der Waals surface area (Å²) < 4.78 is 25.1.